The zero-order chi connectivity index (χ0) is 14.0. The van der Waals surface area contributed by atoms with Crippen LogP contribution in [0.25, 0.3) is 0 Å². The zero-order valence-corrected chi connectivity index (χ0v) is 11.8. The van der Waals surface area contributed by atoms with E-state index in [0.717, 1.165) is 0 Å². The van der Waals surface area contributed by atoms with Gasteiger partial charge in [0.15, 0.2) is 0 Å². The lowest BCUT2D eigenvalue weighted by Gasteiger charge is -2.19. The van der Waals surface area contributed by atoms with Crippen LogP contribution in [0.1, 0.15) is 10.4 Å². The van der Waals surface area contributed by atoms with Crippen molar-refractivity contribution >= 4 is 33.2 Å². The summed E-state index contributed by atoms with van der Waals surface area (Å²) in [6, 6.07) is 11.1. The lowest BCUT2D eigenvalue weighted by molar-refractivity contribution is 0.0992. The lowest BCUT2D eigenvalue weighted by atomic mass is 10.1. The van der Waals surface area contributed by atoms with Gasteiger partial charge < -0.3 is 10.6 Å². The number of nitrogens with two attached hydrogens (primary N) is 1. The summed E-state index contributed by atoms with van der Waals surface area (Å²) >= 11 is 3.17. The maximum Gasteiger partial charge on any atom is 0.258 e. The van der Waals surface area contributed by atoms with Crippen molar-refractivity contribution in [2.24, 2.45) is 0 Å². The fourth-order valence-corrected chi connectivity index (χ4v) is 2.24. The molecule has 0 saturated heterocycles. The summed E-state index contributed by atoms with van der Waals surface area (Å²) in [6.07, 6.45) is 0. The van der Waals surface area contributed by atoms with Crippen LogP contribution in [0.2, 0.25) is 0 Å². The van der Waals surface area contributed by atoms with Crippen LogP contribution in [0.3, 0.4) is 0 Å². The van der Waals surface area contributed by atoms with E-state index in [0.29, 0.717) is 15.8 Å². The highest BCUT2D eigenvalue weighted by Crippen LogP contribution is 2.24. The third-order valence-electron chi connectivity index (χ3n) is 2.71. The van der Waals surface area contributed by atoms with Gasteiger partial charge in [0.2, 0.25) is 0 Å². The van der Waals surface area contributed by atoms with Crippen molar-refractivity contribution in [1.29, 1.82) is 0 Å². The molecule has 0 atom stereocenters. The molecule has 2 aromatic carbocycles. The minimum atomic E-state index is -0.466. The van der Waals surface area contributed by atoms with E-state index in [4.69, 9.17) is 5.73 Å². The summed E-state index contributed by atoms with van der Waals surface area (Å²) in [7, 11) is 1.60. The van der Waals surface area contributed by atoms with Crippen molar-refractivity contribution in [2.45, 2.75) is 0 Å². The van der Waals surface area contributed by atoms with Crippen molar-refractivity contribution < 1.29 is 9.18 Å². The van der Waals surface area contributed by atoms with Gasteiger partial charge in [-0.05, 0) is 30.3 Å². The average Bonchev–Trinajstić information content (AvgIpc) is 2.36. The summed E-state index contributed by atoms with van der Waals surface area (Å²) in [5.74, 6) is -0.787. The van der Waals surface area contributed by atoms with Gasteiger partial charge in [-0.25, -0.2) is 4.39 Å². The first-order chi connectivity index (χ1) is 8.99. The Hall–Kier alpha value is -1.88. The van der Waals surface area contributed by atoms with Crippen molar-refractivity contribution in [1.82, 2.24) is 0 Å². The summed E-state index contributed by atoms with van der Waals surface area (Å²) < 4.78 is 13.8. The number of hydrogen-bond donors (Lipinski definition) is 1. The fraction of sp³-hybridized carbons (Fsp3) is 0.0714. The minimum absolute atomic E-state index is 0.262. The molecule has 0 unspecified atom stereocenters. The number of halogens is 2. The van der Waals surface area contributed by atoms with Gasteiger partial charge in [0.05, 0.1) is 11.4 Å². The Morgan fingerprint density at radius 2 is 1.95 bits per heavy atom. The number of nitrogens with zero attached hydrogens (tertiary/aromatic N) is 1. The Balaban J connectivity index is 2.36. The second-order valence-electron chi connectivity index (χ2n) is 4.08. The van der Waals surface area contributed by atoms with E-state index in [2.05, 4.69) is 15.9 Å². The van der Waals surface area contributed by atoms with E-state index in [9.17, 15) is 9.18 Å². The molecule has 0 fully saturated rings. The summed E-state index contributed by atoms with van der Waals surface area (Å²) in [5.41, 5.74) is 7.17. The molecule has 98 valence electrons. The number of para-hydroxylation sites is 2. The molecule has 2 rings (SSSR count). The molecule has 0 saturated carbocycles. The predicted octanol–water partition coefficient (Wildman–Crippen LogP) is 3.45. The van der Waals surface area contributed by atoms with Crippen LogP contribution in [-0.4, -0.2) is 13.0 Å². The SMILES string of the molecule is CN(C(=O)c1cc(F)cc(Br)c1)c1ccccc1N. The number of benzene rings is 2. The number of nitrogen functional groups attached to an aromatic ring is 1. The van der Waals surface area contributed by atoms with E-state index in [1.165, 1.54) is 17.0 Å². The number of carbonyl (C=O) groups excluding carboxylic acids is 1. The van der Waals surface area contributed by atoms with E-state index in [1.807, 2.05) is 0 Å². The van der Waals surface area contributed by atoms with Gasteiger partial charge in [-0.3, -0.25) is 4.79 Å². The maximum absolute atomic E-state index is 13.3. The largest absolute Gasteiger partial charge is 0.397 e. The molecule has 0 radical (unpaired) electrons. The third kappa shape index (κ3) is 2.93. The van der Waals surface area contributed by atoms with Gasteiger partial charge in [0.25, 0.3) is 5.91 Å². The van der Waals surface area contributed by atoms with Crippen molar-refractivity contribution in [3.05, 3.63) is 58.3 Å². The van der Waals surface area contributed by atoms with Gasteiger partial charge >= 0.3 is 0 Å². The van der Waals surface area contributed by atoms with Crippen molar-refractivity contribution in [3.63, 3.8) is 0 Å². The lowest BCUT2D eigenvalue weighted by Crippen LogP contribution is -2.27. The molecule has 0 spiro atoms. The van der Waals surface area contributed by atoms with Gasteiger partial charge in [-0.2, -0.15) is 0 Å². The number of amides is 1. The molecule has 2 aromatic rings. The van der Waals surface area contributed by atoms with E-state index in [-0.39, 0.29) is 11.5 Å². The first-order valence-electron chi connectivity index (χ1n) is 5.57. The second kappa shape index (κ2) is 5.40. The van der Waals surface area contributed by atoms with Crippen LogP contribution < -0.4 is 10.6 Å². The number of anilines is 2. The molecule has 3 nitrogen and oxygen atoms in total. The molecule has 0 aliphatic rings. The first kappa shape index (κ1) is 13.5. The first-order valence-corrected chi connectivity index (χ1v) is 6.37. The number of rotatable bonds is 2. The molecule has 2 N–H and O–H groups in total. The topological polar surface area (TPSA) is 46.3 Å². The van der Waals surface area contributed by atoms with Crippen LogP contribution in [0, 0.1) is 5.82 Å². The Morgan fingerprint density at radius 3 is 2.58 bits per heavy atom. The molecule has 5 heteroatoms. The molecule has 19 heavy (non-hydrogen) atoms. The molecule has 0 bridgehead atoms. The highest BCUT2D eigenvalue weighted by molar-refractivity contribution is 9.10. The molecule has 0 aliphatic carbocycles. The standard InChI is InChI=1S/C14H12BrFN2O/c1-18(13-5-3-2-4-12(13)17)14(19)9-6-10(15)8-11(16)7-9/h2-8H,17H2,1H3. The predicted molar refractivity (Wildman–Crippen MR) is 77.7 cm³/mol. The van der Waals surface area contributed by atoms with Crippen LogP contribution in [0.4, 0.5) is 15.8 Å². The quantitative estimate of drug-likeness (QED) is 0.861. The summed E-state index contributed by atoms with van der Waals surface area (Å²) in [4.78, 5) is 13.7. The molecular weight excluding hydrogens is 311 g/mol. The van der Waals surface area contributed by atoms with Gasteiger partial charge in [-0.1, -0.05) is 28.1 Å². The minimum Gasteiger partial charge on any atom is -0.397 e. The van der Waals surface area contributed by atoms with Crippen LogP contribution in [0.15, 0.2) is 46.9 Å². The number of carbonyl (C=O) groups is 1. The highest BCUT2D eigenvalue weighted by Gasteiger charge is 2.16. The molecule has 0 aliphatic heterocycles. The van der Waals surface area contributed by atoms with Gasteiger partial charge in [-0.15, -0.1) is 0 Å². The Morgan fingerprint density at radius 1 is 1.26 bits per heavy atom. The van der Waals surface area contributed by atoms with Crippen LogP contribution in [0.5, 0.6) is 0 Å². The zero-order valence-electron chi connectivity index (χ0n) is 10.2. The summed E-state index contributed by atoms with van der Waals surface area (Å²) in [5, 5.41) is 0. The number of hydrogen-bond acceptors (Lipinski definition) is 2. The monoisotopic (exact) mass is 322 g/mol. The molecule has 1 amide bonds. The maximum atomic E-state index is 13.3. The fourth-order valence-electron chi connectivity index (χ4n) is 1.77. The Bertz CT molecular complexity index is 610. The van der Waals surface area contributed by atoms with E-state index >= 15 is 0 Å². The third-order valence-corrected chi connectivity index (χ3v) is 3.17. The molecule has 0 heterocycles. The van der Waals surface area contributed by atoms with E-state index < -0.39 is 5.82 Å². The van der Waals surface area contributed by atoms with E-state index in [1.54, 1.807) is 37.4 Å². The van der Waals surface area contributed by atoms with Crippen LogP contribution in [-0.2, 0) is 0 Å². The van der Waals surface area contributed by atoms with Crippen molar-refractivity contribution in [3.8, 4) is 0 Å². The van der Waals surface area contributed by atoms with Gasteiger partial charge in [0.1, 0.15) is 5.82 Å². The van der Waals surface area contributed by atoms with Crippen molar-refractivity contribution in [2.75, 3.05) is 17.7 Å². The smallest absolute Gasteiger partial charge is 0.258 e. The molecular formula is C14H12BrFN2O. The Labute approximate surface area is 119 Å². The Kier molecular flexibility index (Phi) is 3.85. The average molecular weight is 323 g/mol. The van der Waals surface area contributed by atoms with Gasteiger partial charge in [0, 0.05) is 17.1 Å². The van der Waals surface area contributed by atoms with Crippen LogP contribution >= 0.6 is 15.9 Å². The normalized spacial score (nSPS) is 10.3. The second-order valence-corrected chi connectivity index (χ2v) is 5.00. The summed E-state index contributed by atoms with van der Waals surface area (Å²) in [6.45, 7) is 0. The highest BCUT2D eigenvalue weighted by atomic mass is 79.9. The molecule has 0 aromatic heterocycles.